The van der Waals surface area contributed by atoms with Gasteiger partial charge in [0.2, 0.25) is 0 Å². The smallest absolute Gasteiger partial charge is 0.122 e. The summed E-state index contributed by atoms with van der Waals surface area (Å²) in [5.74, 6) is 1.01. The number of para-hydroxylation sites is 1. The first kappa shape index (κ1) is 14.9. The summed E-state index contributed by atoms with van der Waals surface area (Å²) < 4.78 is 5.95. The molecule has 3 heteroatoms. The van der Waals surface area contributed by atoms with E-state index in [1.165, 1.54) is 44.3 Å². The van der Waals surface area contributed by atoms with E-state index in [4.69, 9.17) is 4.74 Å². The SMILES string of the molecule is Cc1ccccc1OC[C@H](C)N[C@@H]1CCN2CCC[C@@H]2C1. The summed E-state index contributed by atoms with van der Waals surface area (Å²) in [7, 11) is 0. The minimum absolute atomic E-state index is 0.405. The van der Waals surface area contributed by atoms with E-state index >= 15 is 0 Å². The maximum atomic E-state index is 5.95. The van der Waals surface area contributed by atoms with Crippen molar-refractivity contribution in [2.45, 2.75) is 57.7 Å². The molecule has 3 rings (SSSR count). The molecular weight excluding hydrogens is 260 g/mol. The Balaban J connectivity index is 1.44. The number of piperidine rings is 1. The zero-order valence-corrected chi connectivity index (χ0v) is 13.3. The van der Waals surface area contributed by atoms with E-state index in [1.807, 2.05) is 6.07 Å². The third-order valence-corrected chi connectivity index (χ3v) is 4.92. The zero-order chi connectivity index (χ0) is 14.7. The minimum atomic E-state index is 0.405. The molecule has 3 nitrogen and oxygen atoms in total. The van der Waals surface area contributed by atoms with Crippen LogP contribution in [0.1, 0.15) is 38.2 Å². The molecule has 2 aliphatic heterocycles. The van der Waals surface area contributed by atoms with Crippen molar-refractivity contribution in [2.75, 3.05) is 19.7 Å². The van der Waals surface area contributed by atoms with Crippen LogP contribution in [-0.4, -0.2) is 42.7 Å². The van der Waals surface area contributed by atoms with Gasteiger partial charge in [-0.25, -0.2) is 0 Å². The first-order valence-corrected chi connectivity index (χ1v) is 8.41. The second kappa shape index (κ2) is 6.80. The van der Waals surface area contributed by atoms with Crippen LogP contribution in [0.5, 0.6) is 5.75 Å². The molecule has 0 aromatic heterocycles. The fourth-order valence-corrected chi connectivity index (χ4v) is 3.76. The van der Waals surface area contributed by atoms with Crippen LogP contribution in [0, 0.1) is 6.92 Å². The minimum Gasteiger partial charge on any atom is -0.492 e. The van der Waals surface area contributed by atoms with Crippen LogP contribution < -0.4 is 10.1 Å². The summed E-state index contributed by atoms with van der Waals surface area (Å²) in [6, 6.07) is 10.2. The molecule has 0 spiro atoms. The van der Waals surface area contributed by atoms with Gasteiger partial charge in [-0.05, 0) is 64.3 Å². The Labute approximate surface area is 128 Å². The van der Waals surface area contributed by atoms with Crippen LogP contribution in [0.15, 0.2) is 24.3 Å². The second-order valence-corrected chi connectivity index (χ2v) is 6.70. The van der Waals surface area contributed by atoms with Gasteiger partial charge in [0.05, 0.1) is 0 Å². The number of hydrogen-bond donors (Lipinski definition) is 1. The lowest BCUT2D eigenvalue weighted by Crippen LogP contribution is -2.49. The lowest BCUT2D eigenvalue weighted by molar-refractivity contribution is 0.153. The first-order valence-electron chi connectivity index (χ1n) is 8.41. The van der Waals surface area contributed by atoms with Crippen LogP contribution in [0.2, 0.25) is 0 Å². The van der Waals surface area contributed by atoms with Gasteiger partial charge in [0.1, 0.15) is 12.4 Å². The average molecular weight is 288 g/mol. The van der Waals surface area contributed by atoms with Crippen molar-refractivity contribution in [3.63, 3.8) is 0 Å². The molecule has 1 N–H and O–H groups in total. The van der Waals surface area contributed by atoms with Gasteiger partial charge in [-0.2, -0.15) is 0 Å². The van der Waals surface area contributed by atoms with Gasteiger partial charge >= 0.3 is 0 Å². The molecule has 21 heavy (non-hydrogen) atoms. The number of aryl methyl sites for hydroxylation is 1. The van der Waals surface area contributed by atoms with Crippen molar-refractivity contribution in [2.24, 2.45) is 0 Å². The summed E-state index contributed by atoms with van der Waals surface area (Å²) in [4.78, 5) is 2.67. The molecule has 2 aliphatic rings. The van der Waals surface area contributed by atoms with Crippen molar-refractivity contribution in [1.82, 2.24) is 10.2 Å². The van der Waals surface area contributed by atoms with E-state index < -0.39 is 0 Å². The van der Waals surface area contributed by atoms with E-state index in [0.717, 1.165) is 18.4 Å². The molecule has 0 bridgehead atoms. The highest BCUT2D eigenvalue weighted by Gasteiger charge is 2.31. The quantitative estimate of drug-likeness (QED) is 0.901. The fourth-order valence-electron chi connectivity index (χ4n) is 3.76. The Bertz CT molecular complexity index is 462. The number of fused-ring (bicyclic) bond motifs is 1. The lowest BCUT2D eigenvalue weighted by atomic mass is 9.97. The van der Waals surface area contributed by atoms with E-state index in [0.29, 0.717) is 12.1 Å². The van der Waals surface area contributed by atoms with Crippen LogP contribution in [0.25, 0.3) is 0 Å². The molecule has 1 aromatic carbocycles. The Morgan fingerprint density at radius 1 is 1.29 bits per heavy atom. The van der Waals surface area contributed by atoms with Crippen LogP contribution in [0.3, 0.4) is 0 Å². The zero-order valence-electron chi connectivity index (χ0n) is 13.3. The van der Waals surface area contributed by atoms with Crippen LogP contribution in [0.4, 0.5) is 0 Å². The molecule has 0 aliphatic carbocycles. The van der Waals surface area contributed by atoms with Gasteiger partial charge in [-0.15, -0.1) is 0 Å². The normalized spacial score (nSPS) is 27.3. The predicted octanol–water partition coefficient (Wildman–Crippen LogP) is 2.98. The van der Waals surface area contributed by atoms with Gasteiger partial charge in [0, 0.05) is 18.1 Å². The Kier molecular flexibility index (Phi) is 4.81. The summed E-state index contributed by atoms with van der Waals surface area (Å²) in [5, 5.41) is 3.77. The summed E-state index contributed by atoms with van der Waals surface area (Å²) >= 11 is 0. The standard InChI is InChI=1S/C18H28N2O/c1-14-6-3-4-8-18(14)21-13-15(2)19-16-9-11-20-10-5-7-17(20)12-16/h3-4,6,8,15-17,19H,5,7,9-13H2,1-2H3/t15-,16+,17+/m0/s1. The van der Waals surface area contributed by atoms with Crippen molar-refractivity contribution in [3.8, 4) is 5.75 Å². The number of ether oxygens (including phenoxy) is 1. The second-order valence-electron chi connectivity index (χ2n) is 6.70. The van der Waals surface area contributed by atoms with E-state index in [2.05, 4.69) is 42.3 Å². The molecule has 0 saturated carbocycles. The van der Waals surface area contributed by atoms with Gasteiger partial charge in [0.25, 0.3) is 0 Å². The summed E-state index contributed by atoms with van der Waals surface area (Å²) in [5.41, 5.74) is 1.21. The number of benzene rings is 1. The number of nitrogens with zero attached hydrogens (tertiary/aromatic N) is 1. The molecule has 0 unspecified atom stereocenters. The molecule has 2 saturated heterocycles. The van der Waals surface area contributed by atoms with Crippen molar-refractivity contribution in [3.05, 3.63) is 29.8 Å². The lowest BCUT2D eigenvalue weighted by Gasteiger charge is -2.36. The van der Waals surface area contributed by atoms with Gasteiger partial charge in [-0.1, -0.05) is 18.2 Å². The Hall–Kier alpha value is -1.06. The summed E-state index contributed by atoms with van der Waals surface area (Å²) in [6.07, 6.45) is 5.38. The molecule has 2 heterocycles. The van der Waals surface area contributed by atoms with Gasteiger partial charge in [0.15, 0.2) is 0 Å². The number of nitrogens with one attached hydrogen (secondary N) is 1. The van der Waals surface area contributed by atoms with Gasteiger partial charge in [-0.3, -0.25) is 0 Å². The average Bonchev–Trinajstić information content (AvgIpc) is 2.94. The van der Waals surface area contributed by atoms with Crippen molar-refractivity contribution in [1.29, 1.82) is 0 Å². The van der Waals surface area contributed by atoms with Crippen molar-refractivity contribution >= 4 is 0 Å². The molecule has 3 atom stereocenters. The first-order chi connectivity index (χ1) is 10.2. The van der Waals surface area contributed by atoms with Gasteiger partial charge < -0.3 is 15.0 Å². The summed E-state index contributed by atoms with van der Waals surface area (Å²) in [6.45, 7) is 7.68. The molecule has 1 aromatic rings. The fraction of sp³-hybridized carbons (Fsp3) is 0.667. The van der Waals surface area contributed by atoms with Crippen molar-refractivity contribution < 1.29 is 4.74 Å². The predicted molar refractivity (Wildman–Crippen MR) is 86.9 cm³/mol. The Morgan fingerprint density at radius 2 is 2.14 bits per heavy atom. The topological polar surface area (TPSA) is 24.5 Å². The van der Waals surface area contributed by atoms with Crippen LogP contribution in [-0.2, 0) is 0 Å². The van der Waals surface area contributed by atoms with E-state index in [-0.39, 0.29) is 0 Å². The molecular formula is C18H28N2O. The molecule has 0 amide bonds. The maximum absolute atomic E-state index is 5.95. The highest BCUT2D eigenvalue weighted by molar-refractivity contribution is 5.31. The number of rotatable bonds is 5. The molecule has 116 valence electrons. The molecule has 2 fully saturated rings. The monoisotopic (exact) mass is 288 g/mol. The third kappa shape index (κ3) is 3.78. The highest BCUT2D eigenvalue weighted by atomic mass is 16.5. The largest absolute Gasteiger partial charge is 0.492 e. The Morgan fingerprint density at radius 3 is 3.00 bits per heavy atom. The number of hydrogen-bond acceptors (Lipinski definition) is 3. The van der Waals surface area contributed by atoms with E-state index in [9.17, 15) is 0 Å². The van der Waals surface area contributed by atoms with E-state index in [1.54, 1.807) is 0 Å². The van der Waals surface area contributed by atoms with Crippen LogP contribution >= 0.6 is 0 Å². The third-order valence-electron chi connectivity index (χ3n) is 4.92. The molecule has 0 radical (unpaired) electrons. The highest BCUT2D eigenvalue weighted by Crippen LogP contribution is 2.27. The maximum Gasteiger partial charge on any atom is 0.122 e.